The molecule has 0 aliphatic carbocycles. The van der Waals surface area contributed by atoms with Crippen LogP contribution in [-0.4, -0.2) is 26.2 Å². The van der Waals surface area contributed by atoms with Crippen molar-refractivity contribution >= 4 is 11.6 Å². The Morgan fingerprint density at radius 1 is 1.15 bits per heavy atom. The van der Waals surface area contributed by atoms with Crippen molar-refractivity contribution in [2.45, 2.75) is 31.8 Å². The summed E-state index contributed by atoms with van der Waals surface area (Å²) in [5, 5.41) is 5.09. The van der Waals surface area contributed by atoms with Gasteiger partial charge in [-0.05, 0) is 43.1 Å². The summed E-state index contributed by atoms with van der Waals surface area (Å²) >= 11 is 6.31. The van der Waals surface area contributed by atoms with Crippen LogP contribution in [0.15, 0.2) is 54.9 Å². The fourth-order valence-corrected chi connectivity index (χ4v) is 3.96. The Kier molecular flexibility index (Phi) is 5.05. The highest BCUT2D eigenvalue weighted by Gasteiger charge is 2.27. The van der Waals surface area contributed by atoms with Gasteiger partial charge in [0.25, 0.3) is 0 Å². The summed E-state index contributed by atoms with van der Waals surface area (Å²) in [7, 11) is 1.96. The van der Waals surface area contributed by atoms with E-state index >= 15 is 0 Å². The first kappa shape index (κ1) is 17.3. The molecule has 26 heavy (non-hydrogen) atoms. The molecule has 0 N–H and O–H groups in total. The molecule has 134 valence electrons. The van der Waals surface area contributed by atoms with E-state index in [2.05, 4.69) is 40.5 Å². The summed E-state index contributed by atoms with van der Waals surface area (Å²) in [5.74, 6) is 0. The lowest BCUT2D eigenvalue weighted by Gasteiger charge is -2.23. The number of rotatable bonds is 5. The Hall–Kier alpha value is -2.17. The Bertz CT molecular complexity index is 889. The van der Waals surface area contributed by atoms with Crippen LogP contribution in [0.1, 0.15) is 41.4 Å². The smallest absolute Gasteiger partial charge is 0.0578 e. The van der Waals surface area contributed by atoms with Gasteiger partial charge >= 0.3 is 0 Å². The largest absolute Gasteiger partial charge is 0.290 e. The molecule has 0 amide bonds. The second kappa shape index (κ2) is 7.60. The predicted molar refractivity (Wildman–Crippen MR) is 104 cm³/mol. The molecule has 0 bridgehead atoms. The first-order valence-corrected chi connectivity index (χ1v) is 9.47. The number of likely N-dealkylation sites (tertiary alicyclic amines) is 1. The molecule has 3 heterocycles. The molecule has 2 aromatic heterocycles. The van der Waals surface area contributed by atoms with Crippen LogP contribution in [0, 0.1) is 0 Å². The minimum absolute atomic E-state index is 0.376. The van der Waals surface area contributed by atoms with Crippen LogP contribution in [0.25, 0.3) is 0 Å². The van der Waals surface area contributed by atoms with Gasteiger partial charge < -0.3 is 0 Å². The lowest BCUT2D eigenvalue weighted by atomic mass is 10.1. The third-order valence-electron chi connectivity index (χ3n) is 5.01. The van der Waals surface area contributed by atoms with Gasteiger partial charge in [-0.3, -0.25) is 14.6 Å². The first-order valence-electron chi connectivity index (χ1n) is 9.10. The summed E-state index contributed by atoms with van der Waals surface area (Å²) in [5.41, 5.74) is 4.61. The third kappa shape index (κ3) is 3.81. The van der Waals surface area contributed by atoms with Gasteiger partial charge in [0.2, 0.25) is 0 Å². The zero-order valence-electron chi connectivity index (χ0n) is 15.0. The number of nitrogens with zero attached hydrogens (tertiary/aromatic N) is 4. The molecular weight excluding hydrogens is 344 g/mol. The first-order chi connectivity index (χ1) is 12.7. The standard InChI is InChI=1S/C21H23ClN4/c1-25-14-16(13-23-25)15-26-11-5-10-21(26)20-9-4-7-18(24-20)12-17-6-2-3-8-19(17)22/h2-4,6-9,13-14,21H,5,10-12,15H2,1H3/t21-/m0/s1. The van der Waals surface area contributed by atoms with Gasteiger partial charge in [0.15, 0.2) is 0 Å². The SMILES string of the molecule is Cn1cc(CN2CCC[C@H]2c2cccc(Cc3ccccc3Cl)n2)cn1. The highest BCUT2D eigenvalue weighted by molar-refractivity contribution is 6.31. The quantitative estimate of drug-likeness (QED) is 0.671. The second-order valence-corrected chi connectivity index (χ2v) is 7.38. The Morgan fingerprint density at radius 3 is 2.85 bits per heavy atom. The summed E-state index contributed by atoms with van der Waals surface area (Å²) in [6.07, 6.45) is 7.18. The minimum atomic E-state index is 0.376. The van der Waals surface area contributed by atoms with Gasteiger partial charge in [-0.1, -0.05) is 35.9 Å². The molecule has 1 fully saturated rings. The van der Waals surface area contributed by atoms with Crippen molar-refractivity contribution in [3.8, 4) is 0 Å². The van der Waals surface area contributed by atoms with Gasteiger partial charge in [0.1, 0.15) is 0 Å². The number of aryl methyl sites for hydroxylation is 1. The molecule has 1 aromatic carbocycles. The van der Waals surface area contributed by atoms with Gasteiger partial charge in [0.05, 0.1) is 17.9 Å². The van der Waals surface area contributed by atoms with Crippen LogP contribution in [0.2, 0.25) is 5.02 Å². The van der Waals surface area contributed by atoms with E-state index in [1.165, 1.54) is 12.0 Å². The normalized spacial score (nSPS) is 17.7. The summed E-state index contributed by atoms with van der Waals surface area (Å²) in [6, 6.07) is 14.7. The van der Waals surface area contributed by atoms with Gasteiger partial charge in [-0.2, -0.15) is 5.10 Å². The second-order valence-electron chi connectivity index (χ2n) is 6.97. The van der Waals surface area contributed by atoms with Crippen LogP contribution in [0.4, 0.5) is 0 Å². The van der Waals surface area contributed by atoms with E-state index in [0.717, 1.165) is 47.9 Å². The number of pyridine rings is 1. The monoisotopic (exact) mass is 366 g/mol. The molecule has 3 aromatic rings. The highest BCUT2D eigenvalue weighted by atomic mass is 35.5. The average molecular weight is 367 g/mol. The fraction of sp³-hybridized carbons (Fsp3) is 0.333. The lowest BCUT2D eigenvalue weighted by molar-refractivity contribution is 0.244. The van der Waals surface area contributed by atoms with Crippen molar-refractivity contribution in [2.24, 2.45) is 7.05 Å². The molecule has 5 heteroatoms. The summed E-state index contributed by atoms with van der Waals surface area (Å²) < 4.78 is 1.86. The van der Waals surface area contributed by atoms with Crippen molar-refractivity contribution in [3.05, 3.63) is 82.4 Å². The maximum absolute atomic E-state index is 6.31. The highest BCUT2D eigenvalue weighted by Crippen LogP contribution is 2.32. The van der Waals surface area contributed by atoms with Gasteiger partial charge in [-0.25, -0.2) is 0 Å². The van der Waals surface area contributed by atoms with Crippen LogP contribution in [0.3, 0.4) is 0 Å². The van der Waals surface area contributed by atoms with E-state index in [4.69, 9.17) is 16.6 Å². The molecule has 1 saturated heterocycles. The molecule has 4 nitrogen and oxygen atoms in total. The van der Waals surface area contributed by atoms with E-state index in [1.54, 1.807) is 0 Å². The Balaban J connectivity index is 1.52. The zero-order chi connectivity index (χ0) is 17.9. The number of hydrogen-bond donors (Lipinski definition) is 0. The molecule has 1 aliphatic rings. The zero-order valence-corrected chi connectivity index (χ0v) is 15.7. The maximum atomic E-state index is 6.31. The Labute approximate surface area is 159 Å². The van der Waals surface area contributed by atoms with Crippen molar-refractivity contribution < 1.29 is 0 Å². The predicted octanol–water partition coefficient (Wildman–Crippen LogP) is 4.40. The number of benzene rings is 1. The van der Waals surface area contributed by atoms with E-state index in [9.17, 15) is 0 Å². The topological polar surface area (TPSA) is 34.0 Å². The minimum Gasteiger partial charge on any atom is -0.290 e. The lowest BCUT2D eigenvalue weighted by Crippen LogP contribution is -2.23. The van der Waals surface area contributed by atoms with Crippen LogP contribution >= 0.6 is 11.6 Å². The van der Waals surface area contributed by atoms with E-state index < -0.39 is 0 Å². The maximum Gasteiger partial charge on any atom is 0.0578 e. The van der Waals surface area contributed by atoms with E-state index in [-0.39, 0.29) is 0 Å². The van der Waals surface area contributed by atoms with E-state index in [0.29, 0.717) is 6.04 Å². The number of hydrogen-bond acceptors (Lipinski definition) is 3. The van der Waals surface area contributed by atoms with Crippen LogP contribution < -0.4 is 0 Å². The summed E-state index contributed by atoms with van der Waals surface area (Å²) in [4.78, 5) is 7.48. The molecule has 1 aliphatic heterocycles. The van der Waals surface area contributed by atoms with E-state index in [1.807, 2.05) is 36.1 Å². The average Bonchev–Trinajstić information content (AvgIpc) is 3.26. The van der Waals surface area contributed by atoms with Crippen LogP contribution in [-0.2, 0) is 20.0 Å². The molecule has 0 unspecified atom stereocenters. The van der Waals surface area contributed by atoms with Crippen molar-refractivity contribution in [2.75, 3.05) is 6.54 Å². The number of aromatic nitrogens is 3. The van der Waals surface area contributed by atoms with Gasteiger partial charge in [0, 0.05) is 42.5 Å². The molecule has 4 rings (SSSR count). The van der Waals surface area contributed by atoms with Gasteiger partial charge in [-0.15, -0.1) is 0 Å². The van der Waals surface area contributed by atoms with Crippen molar-refractivity contribution in [1.29, 1.82) is 0 Å². The fourth-order valence-electron chi connectivity index (χ4n) is 3.76. The molecular formula is C21H23ClN4. The third-order valence-corrected chi connectivity index (χ3v) is 5.38. The van der Waals surface area contributed by atoms with Crippen LogP contribution in [0.5, 0.6) is 0 Å². The summed E-state index contributed by atoms with van der Waals surface area (Å²) in [6.45, 7) is 2.03. The molecule has 0 spiro atoms. The molecule has 0 saturated carbocycles. The Morgan fingerprint density at radius 2 is 2.04 bits per heavy atom. The molecule has 1 atom stereocenters. The molecule has 0 radical (unpaired) electrons. The number of halogens is 1. The van der Waals surface area contributed by atoms with Crippen molar-refractivity contribution in [1.82, 2.24) is 19.7 Å². The van der Waals surface area contributed by atoms with Crippen molar-refractivity contribution in [3.63, 3.8) is 0 Å².